The van der Waals surface area contributed by atoms with Crippen molar-refractivity contribution in [2.75, 3.05) is 13.7 Å². The van der Waals surface area contributed by atoms with Crippen LogP contribution in [0.15, 0.2) is 22.7 Å². The van der Waals surface area contributed by atoms with E-state index in [1.54, 1.807) is 0 Å². The fourth-order valence-electron chi connectivity index (χ4n) is 1.59. The van der Waals surface area contributed by atoms with Gasteiger partial charge in [0.2, 0.25) is 0 Å². The van der Waals surface area contributed by atoms with Crippen molar-refractivity contribution in [3.05, 3.63) is 33.8 Å². The van der Waals surface area contributed by atoms with Crippen LogP contribution in [-0.2, 0) is 9.53 Å². The first-order valence-electron chi connectivity index (χ1n) is 5.67. The first-order chi connectivity index (χ1) is 8.10. The molecule has 0 aromatic heterocycles. The van der Waals surface area contributed by atoms with Crippen LogP contribution >= 0.6 is 15.9 Å². The minimum atomic E-state index is -0.407. The summed E-state index contributed by atoms with van der Waals surface area (Å²) >= 11 is 3.49. The molecule has 1 atom stereocenters. The maximum atomic E-state index is 11.7. The summed E-state index contributed by atoms with van der Waals surface area (Å²) < 4.78 is 5.75. The molecule has 0 amide bonds. The third kappa shape index (κ3) is 3.82. The summed E-state index contributed by atoms with van der Waals surface area (Å²) in [6, 6.07) is 5.53. The fourth-order valence-corrected chi connectivity index (χ4v) is 2.32. The molecule has 1 N–H and O–H groups in total. The molecule has 0 radical (unpaired) electrons. The largest absolute Gasteiger partial charge is 0.468 e. The molecule has 0 fully saturated rings. The summed E-state index contributed by atoms with van der Waals surface area (Å²) in [5, 5.41) is 3.19. The van der Waals surface area contributed by atoms with Gasteiger partial charge in [0.1, 0.15) is 6.04 Å². The van der Waals surface area contributed by atoms with Crippen molar-refractivity contribution < 1.29 is 9.53 Å². The maximum Gasteiger partial charge on any atom is 0.327 e. The minimum absolute atomic E-state index is 0.261. The predicted molar refractivity (Wildman–Crippen MR) is 71.9 cm³/mol. The zero-order valence-corrected chi connectivity index (χ0v) is 12.0. The van der Waals surface area contributed by atoms with E-state index in [9.17, 15) is 4.79 Å². The Balaban J connectivity index is 2.99. The van der Waals surface area contributed by atoms with Gasteiger partial charge in [-0.05, 0) is 37.1 Å². The van der Waals surface area contributed by atoms with E-state index >= 15 is 0 Å². The second-order valence-corrected chi connectivity index (χ2v) is 4.79. The number of aryl methyl sites for hydroxylation is 1. The Morgan fingerprint density at radius 3 is 2.76 bits per heavy atom. The van der Waals surface area contributed by atoms with Crippen LogP contribution in [0.1, 0.15) is 30.5 Å². The molecule has 3 nitrogen and oxygen atoms in total. The maximum absolute atomic E-state index is 11.7. The standard InChI is InChI=1S/C13H18BrNO2/c1-4-7-15-12(13(16)17-3)10-6-5-9(2)8-11(10)14/h5-6,8,12,15H,4,7H2,1-3H3. The lowest BCUT2D eigenvalue weighted by Gasteiger charge is -2.18. The monoisotopic (exact) mass is 299 g/mol. The molecule has 1 unspecified atom stereocenters. The smallest absolute Gasteiger partial charge is 0.327 e. The van der Waals surface area contributed by atoms with Crippen LogP contribution in [0.4, 0.5) is 0 Å². The van der Waals surface area contributed by atoms with Crippen LogP contribution in [0.25, 0.3) is 0 Å². The zero-order chi connectivity index (χ0) is 12.8. The number of hydrogen-bond acceptors (Lipinski definition) is 3. The Morgan fingerprint density at radius 1 is 1.53 bits per heavy atom. The first kappa shape index (κ1) is 14.2. The van der Waals surface area contributed by atoms with Crippen molar-refractivity contribution in [3.63, 3.8) is 0 Å². The molecule has 0 aliphatic heterocycles. The predicted octanol–water partition coefficient (Wildman–Crippen LogP) is 2.97. The van der Waals surface area contributed by atoms with Crippen molar-refractivity contribution in [2.45, 2.75) is 26.3 Å². The van der Waals surface area contributed by atoms with Crippen LogP contribution in [0.5, 0.6) is 0 Å². The van der Waals surface area contributed by atoms with Crippen LogP contribution in [0.2, 0.25) is 0 Å². The third-order valence-corrected chi connectivity index (χ3v) is 3.19. The molecule has 0 spiro atoms. The summed E-state index contributed by atoms with van der Waals surface area (Å²) in [5.41, 5.74) is 2.07. The van der Waals surface area contributed by atoms with Gasteiger partial charge in [0.15, 0.2) is 0 Å². The number of carbonyl (C=O) groups is 1. The molecule has 0 heterocycles. The number of carbonyl (C=O) groups excluding carboxylic acids is 1. The summed E-state index contributed by atoms with van der Waals surface area (Å²) in [6.45, 7) is 4.85. The number of esters is 1. The summed E-state index contributed by atoms with van der Waals surface area (Å²) in [6.07, 6.45) is 0.969. The lowest BCUT2D eigenvalue weighted by Crippen LogP contribution is -2.30. The highest BCUT2D eigenvalue weighted by atomic mass is 79.9. The molecule has 17 heavy (non-hydrogen) atoms. The molecule has 1 aromatic carbocycles. The average molecular weight is 300 g/mol. The van der Waals surface area contributed by atoms with Crippen molar-refractivity contribution in [2.24, 2.45) is 0 Å². The highest BCUT2D eigenvalue weighted by Crippen LogP contribution is 2.25. The van der Waals surface area contributed by atoms with Gasteiger partial charge in [-0.3, -0.25) is 0 Å². The van der Waals surface area contributed by atoms with Crippen LogP contribution in [0, 0.1) is 6.92 Å². The van der Waals surface area contributed by atoms with E-state index in [0.29, 0.717) is 0 Å². The number of hydrogen-bond donors (Lipinski definition) is 1. The van der Waals surface area contributed by atoms with E-state index in [0.717, 1.165) is 28.6 Å². The number of ether oxygens (including phenoxy) is 1. The normalized spacial score (nSPS) is 12.2. The number of rotatable bonds is 5. The average Bonchev–Trinajstić information content (AvgIpc) is 2.31. The summed E-state index contributed by atoms with van der Waals surface area (Å²) in [5.74, 6) is -0.261. The number of nitrogens with one attached hydrogen (secondary N) is 1. The number of methoxy groups -OCH3 is 1. The van der Waals surface area contributed by atoms with Gasteiger partial charge < -0.3 is 10.1 Å². The van der Waals surface area contributed by atoms with Crippen molar-refractivity contribution in [1.82, 2.24) is 5.32 Å². The molecule has 0 bridgehead atoms. The Morgan fingerprint density at radius 2 is 2.24 bits per heavy atom. The Labute approximate surface area is 111 Å². The first-order valence-corrected chi connectivity index (χ1v) is 6.46. The molecule has 0 aliphatic carbocycles. The lowest BCUT2D eigenvalue weighted by atomic mass is 10.1. The van der Waals surface area contributed by atoms with Gasteiger partial charge in [0, 0.05) is 4.47 Å². The van der Waals surface area contributed by atoms with E-state index in [4.69, 9.17) is 4.74 Å². The molecule has 94 valence electrons. The molecule has 0 aliphatic rings. The van der Waals surface area contributed by atoms with Crippen LogP contribution in [0.3, 0.4) is 0 Å². The van der Waals surface area contributed by atoms with E-state index in [1.807, 2.05) is 25.1 Å². The van der Waals surface area contributed by atoms with E-state index in [1.165, 1.54) is 7.11 Å². The van der Waals surface area contributed by atoms with Gasteiger partial charge in [-0.15, -0.1) is 0 Å². The van der Waals surface area contributed by atoms with Gasteiger partial charge >= 0.3 is 5.97 Å². The molecule has 4 heteroatoms. The Kier molecular flexibility index (Phi) is 5.65. The Bertz CT molecular complexity index is 393. The molecule has 1 aromatic rings. The molecule has 0 saturated heterocycles. The third-order valence-electron chi connectivity index (χ3n) is 2.50. The zero-order valence-electron chi connectivity index (χ0n) is 10.4. The molecular weight excluding hydrogens is 282 g/mol. The number of halogens is 1. The van der Waals surface area contributed by atoms with E-state index in [-0.39, 0.29) is 5.97 Å². The highest BCUT2D eigenvalue weighted by molar-refractivity contribution is 9.10. The highest BCUT2D eigenvalue weighted by Gasteiger charge is 2.22. The van der Waals surface area contributed by atoms with Gasteiger partial charge in [0.25, 0.3) is 0 Å². The summed E-state index contributed by atoms with van der Waals surface area (Å²) in [4.78, 5) is 11.7. The SMILES string of the molecule is CCCNC(C(=O)OC)c1ccc(C)cc1Br. The van der Waals surface area contributed by atoms with Crippen LogP contribution < -0.4 is 5.32 Å². The molecule has 0 saturated carbocycles. The van der Waals surface area contributed by atoms with Gasteiger partial charge in [0.05, 0.1) is 7.11 Å². The van der Waals surface area contributed by atoms with Gasteiger partial charge in [-0.2, -0.15) is 0 Å². The second kappa shape index (κ2) is 6.77. The number of benzene rings is 1. The van der Waals surface area contributed by atoms with Gasteiger partial charge in [-0.1, -0.05) is 35.0 Å². The summed E-state index contributed by atoms with van der Waals surface area (Å²) in [7, 11) is 1.41. The minimum Gasteiger partial charge on any atom is -0.468 e. The van der Waals surface area contributed by atoms with E-state index < -0.39 is 6.04 Å². The topological polar surface area (TPSA) is 38.3 Å². The quantitative estimate of drug-likeness (QED) is 0.850. The van der Waals surface area contributed by atoms with Crippen LogP contribution in [-0.4, -0.2) is 19.6 Å². The van der Waals surface area contributed by atoms with Crippen molar-refractivity contribution >= 4 is 21.9 Å². The van der Waals surface area contributed by atoms with Crippen molar-refractivity contribution in [1.29, 1.82) is 0 Å². The Hall–Kier alpha value is -0.870. The fraction of sp³-hybridized carbons (Fsp3) is 0.462. The van der Waals surface area contributed by atoms with Gasteiger partial charge in [-0.25, -0.2) is 4.79 Å². The van der Waals surface area contributed by atoms with Crippen molar-refractivity contribution in [3.8, 4) is 0 Å². The molecule has 1 rings (SSSR count). The lowest BCUT2D eigenvalue weighted by molar-refractivity contribution is -0.143. The second-order valence-electron chi connectivity index (χ2n) is 3.94. The van der Waals surface area contributed by atoms with E-state index in [2.05, 4.69) is 28.2 Å². The molecular formula is C13H18BrNO2.